The van der Waals surface area contributed by atoms with Crippen molar-refractivity contribution >= 4 is 11.0 Å². The maximum absolute atomic E-state index is 4.89. The lowest BCUT2D eigenvalue weighted by Gasteiger charge is -1.86. The van der Waals surface area contributed by atoms with Crippen LogP contribution in [0.3, 0.4) is 0 Å². The summed E-state index contributed by atoms with van der Waals surface area (Å²) < 4.78 is 4.89. The van der Waals surface area contributed by atoms with E-state index >= 15 is 0 Å². The van der Waals surface area contributed by atoms with Crippen LogP contribution < -0.4 is 0 Å². The summed E-state index contributed by atoms with van der Waals surface area (Å²) in [7, 11) is 0. The standard InChI is InChI=1S/C8H6NO/c1-6-2-3-8-7(4-6)5-9-10-8/h2-3,5H,1H3. The van der Waals surface area contributed by atoms with Crippen molar-refractivity contribution in [2.45, 2.75) is 6.92 Å². The minimum atomic E-state index is 0.797. The maximum atomic E-state index is 4.89. The first-order chi connectivity index (χ1) is 4.86. The van der Waals surface area contributed by atoms with Crippen LogP contribution in [0, 0.1) is 13.0 Å². The minimum Gasteiger partial charge on any atom is -0.356 e. The van der Waals surface area contributed by atoms with E-state index in [1.54, 1.807) is 6.20 Å². The van der Waals surface area contributed by atoms with Crippen molar-refractivity contribution in [2.75, 3.05) is 0 Å². The van der Waals surface area contributed by atoms with Gasteiger partial charge in [0.15, 0.2) is 5.58 Å². The van der Waals surface area contributed by atoms with Crippen LogP contribution in [0.5, 0.6) is 0 Å². The summed E-state index contributed by atoms with van der Waals surface area (Å²) in [5.41, 5.74) is 1.90. The number of hydrogen-bond donors (Lipinski definition) is 0. The summed E-state index contributed by atoms with van der Waals surface area (Å²) >= 11 is 0. The topological polar surface area (TPSA) is 26.0 Å². The van der Waals surface area contributed by atoms with Crippen LogP contribution in [0.4, 0.5) is 0 Å². The molecule has 2 nitrogen and oxygen atoms in total. The highest BCUT2D eigenvalue weighted by molar-refractivity contribution is 5.75. The van der Waals surface area contributed by atoms with Crippen molar-refractivity contribution in [3.05, 3.63) is 30.0 Å². The molecule has 1 aromatic carbocycles. The summed E-state index contributed by atoms with van der Waals surface area (Å²) in [6.45, 7) is 1.99. The van der Waals surface area contributed by atoms with Crippen molar-refractivity contribution in [1.82, 2.24) is 5.16 Å². The first kappa shape index (κ1) is 5.47. The quantitative estimate of drug-likeness (QED) is 0.547. The first-order valence-corrected chi connectivity index (χ1v) is 3.09. The second-order valence-electron chi connectivity index (χ2n) is 2.25. The Kier molecular flexibility index (Phi) is 1.01. The molecule has 0 bridgehead atoms. The number of nitrogens with zero attached hydrogens (tertiary/aromatic N) is 1. The molecule has 0 saturated heterocycles. The average molecular weight is 132 g/mol. The number of benzene rings is 1. The van der Waals surface area contributed by atoms with Gasteiger partial charge >= 0.3 is 0 Å². The Morgan fingerprint density at radius 1 is 1.50 bits per heavy atom. The van der Waals surface area contributed by atoms with E-state index in [1.165, 1.54) is 0 Å². The fourth-order valence-corrected chi connectivity index (χ4v) is 0.917. The molecule has 0 aliphatic rings. The predicted molar refractivity (Wildman–Crippen MR) is 37.6 cm³/mol. The van der Waals surface area contributed by atoms with Gasteiger partial charge in [-0.2, -0.15) is 0 Å². The van der Waals surface area contributed by atoms with Gasteiger partial charge in [-0.05, 0) is 24.6 Å². The molecule has 0 atom stereocenters. The van der Waals surface area contributed by atoms with Gasteiger partial charge in [-0.15, -0.1) is 0 Å². The minimum absolute atomic E-state index is 0.797. The molecule has 2 heteroatoms. The lowest BCUT2D eigenvalue weighted by atomic mass is 10.2. The molecule has 1 heterocycles. The van der Waals surface area contributed by atoms with E-state index in [4.69, 9.17) is 4.52 Å². The summed E-state index contributed by atoms with van der Waals surface area (Å²) in [6.07, 6.45) is 1.67. The number of fused-ring (bicyclic) bond motifs is 1. The molecule has 2 aromatic rings. The van der Waals surface area contributed by atoms with Crippen LogP contribution in [-0.2, 0) is 0 Å². The van der Waals surface area contributed by atoms with Gasteiger partial charge in [0.1, 0.15) is 0 Å². The van der Waals surface area contributed by atoms with Crippen molar-refractivity contribution in [1.29, 1.82) is 0 Å². The van der Waals surface area contributed by atoms with Gasteiger partial charge in [-0.1, -0.05) is 11.2 Å². The first-order valence-electron chi connectivity index (χ1n) is 3.09. The molecule has 10 heavy (non-hydrogen) atoms. The Labute approximate surface area is 58.4 Å². The zero-order valence-corrected chi connectivity index (χ0v) is 5.59. The molecule has 0 amide bonds. The molecule has 0 saturated carbocycles. The molecule has 0 spiro atoms. The Morgan fingerprint density at radius 2 is 2.40 bits per heavy atom. The van der Waals surface area contributed by atoms with E-state index in [1.807, 2.05) is 19.1 Å². The second kappa shape index (κ2) is 1.84. The molecular formula is C8H6NO. The normalized spacial score (nSPS) is 10.5. The summed E-state index contributed by atoms with van der Waals surface area (Å²) in [4.78, 5) is 0. The Morgan fingerprint density at radius 3 is 3.30 bits per heavy atom. The van der Waals surface area contributed by atoms with E-state index in [0.717, 1.165) is 16.5 Å². The van der Waals surface area contributed by atoms with E-state index in [9.17, 15) is 0 Å². The summed E-state index contributed by atoms with van der Waals surface area (Å²) in [6, 6.07) is 6.96. The van der Waals surface area contributed by atoms with E-state index < -0.39 is 0 Å². The molecule has 0 aliphatic heterocycles. The van der Waals surface area contributed by atoms with Crippen molar-refractivity contribution in [3.63, 3.8) is 0 Å². The Balaban J connectivity index is 2.86. The van der Waals surface area contributed by atoms with Gasteiger partial charge in [-0.3, -0.25) is 0 Å². The fourth-order valence-electron chi connectivity index (χ4n) is 0.917. The SMILES string of the molecule is Cc1[c]c2cnoc2cc1. The zero-order valence-electron chi connectivity index (χ0n) is 5.59. The molecule has 0 unspecified atom stereocenters. The fraction of sp³-hybridized carbons (Fsp3) is 0.125. The molecule has 49 valence electrons. The number of hydrogen-bond acceptors (Lipinski definition) is 2. The van der Waals surface area contributed by atoms with Crippen LogP contribution in [0.2, 0.25) is 0 Å². The monoisotopic (exact) mass is 132 g/mol. The van der Waals surface area contributed by atoms with Crippen LogP contribution in [0.25, 0.3) is 11.0 Å². The third-order valence-corrected chi connectivity index (χ3v) is 1.41. The molecule has 0 N–H and O–H groups in total. The molecule has 0 aliphatic carbocycles. The molecule has 1 aromatic heterocycles. The predicted octanol–water partition coefficient (Wildman–Crippen LogP) is 1.94. The maximum Gasteiger partial charge on any atom is 0.167 e. The average Bonchev–Trinajstić information content (AvgIpc) is 2.33. The van der Waals surface area contributed by atoms with E-state index in [2.05, 4.69) is 11.2 Å². The van der Waals surface area contributed by atoms with Crippen LogP contribution in [0.1, 0.15) is 5.56 Å². The van der Waals surface area contributed by atoms with Crippen LogP contribution in [0.15, 0.2) is 22.9 Å². The second-order valence-corrected chi connectivity index (χ2v) is 2.25. The molecule has 1 radical (unpaired) electrons. The van der Waals surface area contributed by atoms with Gasteiger partial charge in [0.25, 0.3) is 0 Å². The van der Waals surface area contributed by atoms with Gasteiger partial charge < -0.3 is 4.52 Å². The van der Waals surface area contributed by atoms with Gasteiger partial charge in [0.05, 0.1) is 6.20 Å². The Hall–Kier alpha value is -1.31. The summed E-state index contributed by atoms with van der Waals surface area (Å²) in [5.74, 6) is 0. The highest BCUT2D eigenvalue weighted by Gasteiger charge is 1.95. The van der Waals surface area contributed by atoms with Crippen molar-refractivity contribution in [3.8, 4) is 0 Å². The van der Waals surface area contributed by atoms with Crippen molar-refractivity contribution in [2.24, 2.45) is 0 Å². The van der Waals surface area contributed by atoms with Crippen molar-refractivity contribution < 1.29 is 4.52 Å². The van der Waals surface area contributed by atoms with E-state index in [-0.39, 0.29) is 0 Å². The zero-order chi connectivity index (χ0) is 6.97. The van der Waals surface area contributed by atoms with Gasteiger partial charge in [-0.25, -0.2) is 0 Å². The third kappa shape index (κ3) is 0.692. The number of aromatic nitrogens is 1. The lowest BCUT2D eigenvalue weighted by Crippen LogP contribution is -1.68. The van der Waals surface area contributed by atoms with Gasteiger partial charge in [0.2, 0.25) is 0 Å². The largest absolute Gasteiger partial charge is 0.356 e. The van der Waals surface area contributed by atoms with Gasteiger partial charge in [0, 0.05) is 5.39 Å². The Bertz CT molecular complexity index is 351. The number of aryl methyl sites for hydroxylation is 1. The smallest absolute Gasteiger partial charge is 0.167 e. The van der Waals surface area contributed by atoms with E-state index in [0.29, 0.717) is 0 Å². The third-order valence-electron chi connectivity index (χ3n) is 1.41. The highest BCUT2D eigenvalue weighted by atomic mass is 16.5. The van der Waals surface area contributed by atoms with Crippen LogP contribution in [-0.4, -0.2) is 5.16 Å². The molecule has 2 rings (SSSR count). The number of rotatable bonds is 0. The molecule has 0 fully saturated rings. The highest BCUT2D eigenvalue weighted by Crippen LogP contribution is 2.12. The lowest BCUT2D eigenvalue weighted by molar-refractivity contribution is 0.456. The summed E-state index contributed by atoms with van der Waals surface area (Å²) in [5, 5.41) is 4.58. The molecular weight excluding hydrogens is 126 g/mol. The van der Waals surface area contributed by atoms with Crippen LogP contribution >= 0.6 is 0 Å².